The van der Waals surface area contributed by atoms with Crippen LogP contribution in [0, 0.1) is 0 Å². The average Bonchev–Trinajstić information content (AvgIpc) is 2.73. The first kappa shape index (κ1) is 13.5. The molecule has 0 aliphatic heterocycles. The van der Waals surface area contributed by atoms with Crippen molar-refractivity contribution in [2.75, 3.05) is 7.11 Å². The highest BCUT2D eigenvalue weighted by Gasteiger charge is 2.25. The highest BCUT2D eigenvalue weighted by molar-refractivity contribution is 7.12. The summed E-state index contributed by atoms with van der Waals surface area (Å²) in [5.41, 5.74) is 0. The minimum Gasteiger partial charge on any atom is -0.496 e. The van der Waals surface area contributed by atoms with Gasteiger partial charge in [-0.3, -0.25) is 4.79 Å². The smallest absolute Gasteiger partial charge is 0.328 e. The summed E-state index contributed by atoms with van der Waals surface area (Å²) in [5.74, 6) is -1.30. The van der Waals surface area contributed by atoms with Crippen molar-refractivity contribution in [3.8, 4) is 5.75 Å². The summed E-state index contributed by atoms with van der Waals surface area (Å²) in [5, 5.41) is 21.9. The second kappa shape index (κ2) is 5.65. The molecule has 1 rings (SSSR count). The fourth-order valence-electron chi connectivity index (χ4n) is 1.15. The molecule has 7 heteroatoms. The van der Waals surface area contributed by atoms with Gasteiger partial charge in [-0.15, -0.1) is 11.3 Å². The van der Waals surface area contributed by atoms with E-state index < -0.39 is 24.0 Å². The first-order valence-electron chi connectivity index (χ1n) is 4.80. The predicted octanol–water partition coefficient (Wildman–Crippen LogP) is 0.320. The Labute approximate surface area is 102 Å². The van der Waals surface area contributed by atoms with E-state index in [9.17, 15) is 14.7 Å². The van der Waals surface area contributed by atoms with Crippen LogP contribution in [-0.4, -0.2) is 41.3 Å². The Hall–Kier alpha value is -1.60. The summed E-state index contributed by atoms with van der Waals surface area (Å²) < 4.78 is 4.91. The summed E-state index contributed by atoms with van der Waals surface area (Å²) >= 11 is 1.14. The lowest BCUT2D eigenvalue weighted by Gasteiger charge is -2.16. The Kier molecular flexibility index (Phi) is 4.47. The zero-order chi connectivity index (χ0) is 13.0. The van der Waals surface area contributed by atoms with Crippen molar-refractivity contribution >= 4 is 23.2 Å². The molecule has 1 amide bonds. The van der Waals surface area contributed by atoms with Crippen LogP contribution in [0.15, 0.2) is 11.4 Å². The highest BCUT2D eigenvalue weighted by Crippen LogP contribution is 2.21. The summed E-state index contributed by atoms with van der Waals surface area (Å²) in [6, 6.07) is 0.177. The first-order valence-corrected chi connectivity index (χ1v) is 5.68. The Balaban J connectivity index is 2.73. The van der Waals surface area contributed by atoms with Crippen molar-refractivity contribution < 1.29 is 24.5 Å². The van der Waals surface area contributed by atoms with Gasteiger partial charge >= 0.3 is 5.97 Å². The molecule has 0 spiro atoms. The highest BCUT2D eigenvalue weighted by atomic mass is 32.1. The number of carboxylic acids is 1. The molecule has 0 unspecified atom stereocenters. The average molecular weight is 259 g/mol. The van der Waals surface area contributed by atoms with Crippen molar-refractivity contribution in [2.24, 2.45) is 0 Å². The molecule has 0 saturated carbocycles. The number of hydrogen-bond donors (Lipinski definition) is 3. The maximum atomic E-state index is 11.7. The van der Waals surface area contributed by atoms with Crippen molar-refractivity contribution in [1.82, 2.24) is 5.32 Å². The third kappa shape index (κ3) is 3.43. The molecule has 0 bridgehead atoms. The Bertz CT molecular complexity index is 415. The molecule has 0 fully saturated rings. The van der Waals surface area contributed by atoms with Gasteiger partial charge in [0, 0.05) is 11.4 Å². The van der Waals surface area contributed by atoms with E-state index in [0.717, 1.165) is 11.3 Å². The molecule has 94 valence electrons. The molecule has 0 aliphatic carbocycles. The van der Waals surface area contributed by atoms with Gasteiger partial charge in [-0.1, -0.05) is 0 Å². The summed E-state index contributed by atoms with van der Waals surface area (Å²) in [7, 11) is 1.47. The lowest BCUT2D eigenvalue weighted by molar-refractivity contribution is -0.141. The van der Waals surface area contributed by atoms with Crippen LogP contribution >= 0.6 is 11.3 Å². The van der Waals surface area contributed by atoms with Gasteiger partial charge in [-0.25, -0.2) is 4.79 Å². The van der Waals surface area contributed by atoms with Gasteiger partial charge in [0.25, 0.3) is 5.91 Å². The van der Waals surface area contributed by atoms with Gasteiger partial charge in [-0.05, 0) is 6.92 Å². The maximum Gasteiger partial charge on any atom is 0.328 e. The lowest BCUT2D eigenvalue weighted by atomic mass is 10.2. The fourth-order valence-corrected chi connectivity index (χ4v) is 1.90. The van der Waals surface area contributed by atoms with E-state index in [-0.39, 0.29) is 0 Å². The van der Waals surface area contributed by atoms with E-state index >= 15 is 0 Å². The van der Waals surface area contributed by atoms with Crippen molar-refractivity contribution in [1.29, 1.82) is 0 Å². The number of carboxylic acid groups (broad SMARTS) is 1. The lowest BCUT2D eigenvalue weighted by Crippen LogP contribution is -2.47. The third-order valence-corrected chi connectivity index (χ3v) is 2.98. The third-order valence-electron chi connectivity index (χ3n) is 2.07. The number of nitrogens with one attached hydrogen (secondary N) is 1. The number of amides is 1. The van der Waals surface area contributed by atoms with Gasteiger partial charge in [-0.2, -0.15) is 0 Å². The van der Waals surface area contributed by atoms with E-state index in [0.29, 0.717) is 10.6 Å². The molecule has 17 heavy (non-hydrogen) atoms. The maximum absolute atomic E-state index is 11.7. The van der Waals surface area contributed by atoms with Crippen LogP contribution in [0.1, 0.15) is 16.6 Å². The van der Waals surface area contributed by atoms with Crippen molar-refractivity contribution in [3.05, 3.63) is 16.3 Å². The van der Waals surface area contributed by atoms with Gasteiger partial charge in [0.15, 0.2) is 6.04 Å². The number of methoxy groups -OCH3 is 1. The van der Waals surface area contributed by atoms with Crippen LogP contribution in [0.4, 0.5) is 0 Å². The molecule has 6 nitrogen and oxygen atoms in total. The number of ether oxygens (including phenoxy) is 1. The standard InChI is InChI=1S/C10H13NO5S/c1-5(12)8(10(14)15)11-9(13)7-3-6(16-2)4-17-7/h3-5,8,12H,1-2H3,(H,11,13)(H,14,15)/t5-,8+/m1/s1. The van der Waals surface area contributed by atoms with Crippen molar-refractivity contribution in [2.45, 2.75) is 19.1 Å². The number of rotatable bonds is 5. The topological polar surface area (TPSA) is 95.9 Å². The first-order chi connectivity index (χ1) is 7.95. The molecule has 0 saturated heterocycles. The fraction of sp³-hybridized carbons (Fsp3) is 0.400. The summed E-state index contributed by atoms with van der Waals surface area (Å²) in [6.45, 7) is 1.30. The second-order valence-corrected chi connectivity index (χ2v) is 4.29. The predicted molar refractivity (Wildman–Crippen MR) is 61.4 cm³/mol. The van der Waals surface area contributed by atoms with E-state index in [1.165, 1.54) is 20.1 Å². The second-order valence-electron chi connectivity index (χ2n) is 3.38. The SMILES string of the molecule is COc1csc(C(=O)N[C@H](C(=O)O)[C@@H](C)O)c1. The van der Waals surface area contributed by atoms with Gasteiger partial charge in [0.05, 0.1) is 18.1 Å². The zero-order valence-electron chi connectivity index (χ0n) is 9.34. The number of carbonyl (C=O) groups excluding carboxylic acids is 1. The van der Waals surface area contributed by atoms with Gasteiger partial charge in [0.2, 0.25) is 0 Å². The van der Waals surface area contributed by atoms with Gasteiger partial charge in [0.1, 0.15) is 5.75 Å². The van der Waals surface area contributed by atoms with E-state index in [4.69, 9.17) is 9.84 Å². The normalized spacial score (nSPS) is 13.8. The van der Waals surface area contributed by atoms with Crippen molar-refractivity contribution in [3.63, 3.8) is 0 Å². The number of aliphatic carboxylic acids is 1. The summed E-state index contributed by atoms with van der Waals surface area (Å²) in [4.78, 5) is 22.8. The molecule has 2 atom stereocenters. The molecular weight excluding hydrogens is 246 g/mol. The van der Waals surface area contributed by atoms with E-state index in [2.05, 4.69) is 5.32 Å². The number of carbonyl (C=O) groups is 2. The monoisotopic (exact) mass is 259 g/mol. The Morgan fingerprint density at radius 2 is 2.18 bits per heavy atom. The number of aliphatic hydroxyl groups excluding tert-OH is 1. The van der Waals surface area contributed by atoms with Crippen LogP contribution in [-0.2, 0) is 4.79 Å². The molecule has 0 aliphatic rings. The number of thiophene rings is 1. The molecule has 0 aromatic carbocycles. The largest absolute Gasteiger partial charge is 0.496 e. The molecule has 1 aromatic heterocycles. The quantitative estimate of drug-likeness (QED) is 0.707. The Morgan fingerprint density at radius 3 is 2.59 bits per heavy atom. The van der Waals surface area contributed by atoms with Crippen LogP contribution in [0.3, 0.4) is 0 Å². The van der Waals surface area contributed by atoms with Crippen LogP contribution in [0.5, 0.6) is 5.75 Å². The van der Waals surface area contributed by atoms with E-state index in [1.807, 2.05) is 0 Å². The number of aliphatic hydroxyl groups is 1. The van der Waals surface area contributed by atoms with Crippen LogP contribution < -0.4 is 10.1 Å². The molecule has 3 N–H and O–H groups in total. The minimum absolute atomic E-state index is 0.328. The minimum atomic E-state index is -1.32. The Morgan fingerprint density at radius 1 is 1.53 bits per heavy atom. The molecule has 1 aromatic rings. The van der Waals surface area contributed by atoms with Gasteiger partial charge < -0.3 is 20.3 Å². The zero-order valence-corrected chi connectivity index (χ0v) is 10.2. The van der Waals surface area contributed by atoms with Crippen LogP contribution in [0.25, 0.3) is 0 Å². The molecule has 0 radical (unpaired) electrons. The molecule has 1 heterocycles. The summed E-state index contributed by atoms with van der Waals surface area (Å²) in [6.07, 6.45) is -1.17. The number of hydrogen-bond acceptors (Lipinski definition) is 5. The molecular formula is C10H13NO5S. The van der Waals surface area contributed by atoms with Crippen LogP contribution in [0.2, 0.25) is 0 Å². The van der Waals surface area contributed by atoms with E-state index in [1.54, 1.807) is 5.38 Å².